The maximum Gasteiger partial charge on any atom is 0.0623 e. The molecular weight excluding hydrogens is 114 g/mol. The molecule has 1 N–H and O–H groups in total. The van der Waals surface area contributed by atoms with Crippen molar-refractivity contribution < 1.29 is 4.74 Å². The Morgan fingerprint density at radius 2 is 2.33 bits per heavy atom. The number of hydrogen-bond acceptors (Lipinski definition) is 2. The summed E-state index contributed by atoms with van der Waals surface area (Å²) in [5.74, 6) is 0. The Morgan fingerprint density at radius 1 is 1.67 bits per heavy atom. The molecule has 1 aliphatic heterocycles. The van der Waals surface area contributed by atoms with E-state index in [0.29, 0.717) is 12.1 Å². The van der Waals surface area contributed by atoms with Crippen molar-refractivity contribution in [1.82, 2.24) is 5.32 Å². The van der Waals surface area contributed by atoms with Crippen LogP contribution in [0.5, 0.6) is 0 Å². The van der Waals surface area contributed by atoms with Gasteiger partial charge in [0, 0.05) is 6.04 Å². The van der Waals surface area contributed by atoms with E-state index in [1.165, 1.54) is 13.0 Å². The summed E-state index contributed by atoms with van der Waals surface area (Å²) in [6, 6.07) is 0.646. The fourth-order valence-corrected chi connectivity index (χ4v) is 0.799. The van der Waals surface area contributed by atoms with Crippen LogP contribution >= 0.6 is 0 Å². The van der Waals surface area contributed by atoms with Gasteiger partial charge in [-0.25, -0.2) is 0 Å². The van der Waals surface area contributed by atoms with E-state index in [4.69, 9.17) is 4.74 Å². The molecule has 0 aromatic heterocycles. The molecule has 1 heterocycles. The molecule has 2 nitrogen and oxygen atoms in total. The predicted octanol–water partition coefficient (Wildman–Crippen LogP) is 0.773. The number of hydrogen-bond donors (Lipinski definition) is 1. The molecule has 0 saturated carbocycles. The lowest BCUT2D eigenvalue weighted by molar-refractivity contribution is 0.0475. The van der Waals surface area contributed by atoms with Crippen molar-refractivity contribution in [2.45, 2.75) is 32.4 Å². The molecule has 1 aliphatic rings. The standard InChI is InChI=1S/C7H15NO/c1-6(2)9-5-7-3-4-8-7/h6-8H,3-5H2,1-2H3/t7-/m1/s1. The highest BCUT2D eigenvalue weighted by Crippen LogP contribution is 2.02. The molecule has 0 aromatic carbocycles. The molecular formula is C7H15NO. The Kier molecular flexibility index (Phi) is 2.49. The topological polar surface area (TPSA) is 21.3 Å². The van der Waals surface area contributed by atoms with Crippen molar-refractivity contribution in [3.05, 3.63) is 0 Å². The van der Waals surface area contributed by atoms with Crippen LogP contribution in [0.1, 0.15) is 20.3 Å². The number of nitrogens with one attached hydrogen (secondary N) is 1. The lowest BCUT2D eigenvalue weighted by Crippen LogP contribution is -2.46. The van der Waals surface area contributed by atoms with E-state index in [0.717, 1.165) is 6.61 Å². The van der Waals surface area contributed by atoms with E-state index >= 15 is 0 Å². The highest BCUT2D eigenvalue weighted by molar-refractivity contribution is 4.76. The monoisotopic (exact) mass is 129 g/mol. The molecule has 2 heteroatoms. The van der Waals surface area contributed by atoms with Gasteiger partial charge in [-0.1, -0.05) is 0 Å². The third kappa shape index (κ3) is 2.33. The van der Waals surface area contributed by atoms with E-state index in [9.17, 15) is 0 Å². The van der Waals surface area contributed by atoms with E-state index in [-0.39, 0.29) is 0 Å². The Balaban J connectivity index is 1.91. The molecule has 1 saturated heterocycles. The van der Waals surface area contributed by atoms with Crippen molar-refractivity contribution in [2.24, 2.45) is 0 Å². The highest BCUT2D eigenvalue weighted by atomic mass is 16.5. The fourth-order valence-electron chi connectivity index (χ4n) is 0.799. The molecule has 0 bridgehead atoms. The third-order valence-corrected chi connectivity index (χ3v) is 1.56. The van der Waals surface area contributed by atoms with Gasteiger partial charge in [0.25, 0.3) is 0 Å². The molecule has 0 amide bonds. The Labute approximate surface area is 56.6 Å². The van der Waals surface area contributed by atoms with Crippen molar-refractivity contribution in [1.29, 1.82) is 0 Å². The quantitative estimate of drug-likeness (QED) is 0.608. The molecule has 54 valence electrons. The lowest BCUT2D eigenvalue weighted by atomic mass is 10.1. The minimum atomic E-state index is 0.382. The molecule has 0 aliphatic carbocycles. The summed E-state index contributed by atoms with van der Waals surface area (Å²) < 4.78 is 5.38. The molecule has 0 unspecified atom stereocenters. The molecule has 1 fully saturated rings. The van der Waals surface area contributed by atoms with Gasteiger partial charge in [0.2, 0.25) is 0 Å². The summed E-state index contributed by atoms with van der Waals surface area (Å²) in [6.07, 6.45) is 1.67. The van der Waals surface area contributed by atoms with E-state index < -0.39 is 0 Å². The Bertz CT molecular complexity index is 79.0. The van der Waals surface area contributed by atoms with Crippen molar-refractivity contribution in [2.75, 3.05) is 13.2 Å². The van der Waals surface area contributed by atoms with Gasteiger partial charge in [-0.15, -0.1) is 0 Å². The van der Waals surface area contributed by atoms with Crippen molar-refractivity contribution in [3.63, 3.8) is 0 Å². The number of rotatable bonds is 3. The molecule has 0 spiro atoms. The summed E-state index contributed by atoms with van der Waals surface area (Å²) in [7, 11) is 0. The predicted molar refractivity (Wildman–Crippen MR) is 37.5 cm³/mol. The van der Waals surface area contributed by atoms with Crippen LogP contribution in [0.25, 0.3) is 0 Å². The van der Waals surface area contributed by atoms with Gasteiger partial charge in [-0.05, 0) is 26.8 Å². The van der Waals surface area contributed by atoms with Crippen LogP contribution in [0, 0.1) is 0 Å². The second-order valence-electron chi connectivity index (χ2n) is 2.82. The maximum absolute atomic E-state index is 5.38. The minimum Gasteiger partial charge on any atom is -0.377 e. The Morgan fingerprint density at radius 3 is 2.67 bits per heavy atom. The zero-order valence-electron chi connectivity index (χ0n) is 6.18. The van der Waals surface area contributed by atoms with Gasteiger partial charge < -0.3 is 10.1 Å². The van der Waals surface area contributed by atoms with Gasteiger partial charge in [0.1, 0.15) is 0 Å². The summed E-state index contributed by atoms with van der Waals surface area (Å²) in [5, 5.41) is 3.28. The van der Waals surface area contributed by atoms with Gasteiger partial charge in [-0.3, -0.25) is 0 Å². The largest absolute Gasteiger partial charge is 0.377 e. The van der Waals surface area contributed by atoms with Crippen LogP contribution in [-0.2, 0) is 4.74 Å². The zero-order chi connectivity index (χ0) is 6.69. The van der Waals surface area contributed by atoms with Gasteiger partial charge >= 0.3 is 0 Å². The first-order chi connectivity index (χ1) is 4.29. The van der Waals surface area contributed by atoms with Gasteiger partial charge in [0.15, 0.2) is 0 Å². The summed E-state index contributed by atoms with van der Waals surface area (Å²) in [5.41, 5.74) is 0. The first-order valence-corrected chi connectivity index (χ1v) is 3.64. The molecule has 0 aromatic rings. The summed E-state index contributed by atoms with van der Waals surface area (Å²) in [6.45, 7) is 6.20. The average molecular weight is 129 g/mol. The van der Waals surface area contributed by atoms with Gasteiger partial charge in [0.05, 0.1) is 12.7 Å². The first kappa shape index (κ1) is 7.03. The molecule has 9 heavy (non-hydrogen) atoms. The normalized spacial score (nSPS) is 26.3. The van der Waals surface area contributed by atoms with Crippen molar-refractivity contribution >= 4 is 0 Å². The Hall–Kier alpha value is -0.0800. The zero-order valence-corrected chi connectivity index (χ0v) is 6.18. The van der Waals surface area contributed by atoms with E-state index in [1.807, 2.05) is 0 Å². The number of ether oxygens (including phenoxy) is 1. The second kappa shape index (κ2) is 3.18. The second-order valence-corrected chi connectivity index (χ2v) is 2.82. The van der Waals surface area contributed by atoms with Gasteiger partial charge in [-0.2, -0.15) is 0 Å². The maximum atomic E-state index is 5.38. The summed E-state index contributed by atoms with van der Waals surface area (Å²) >= 11 is 0. The van der Waals surface area contributed by atoms with Crippen molar-refractivity contribution in [3.8, 4) is 0 Å². The lowest BCUT2D eigenvalue weighted by Gasteiger charge is -2.27. The SMILES string of the molecule is CC(C)OC[C@H]1CCN1. The highest BCUT2D eigenvalue weighted by Gasteiger charge is 2.15. The molecule has 0 radical (unpaired) electrons. The van der Waals surface area contributed by atoms with Crippen LogP contribution < -0.4 is 5.32 Å². The van der Waals surface area contributed by atoms with E-state index in [2.05, 4.69) is 19.2 Å². The first-order valence-electron chi connectivity index (χ1n) is 3.64. The van der Waals surface area contributed by atoms with Crippen LogP contribution in [-0.4, -0.2) is 25.3 Å². The summed E-state index contributed by atoms with van der Waals surface area (Å²) in [4.78, 5) is 0. The molecule has 1 atom stereocenters. The van der Waals surface area contributed by atoms with Crippen LogP contribution in [0.4, 0.5) is 0 Å². The van der Waals surface area contributed by atoms with E-state index in [1.54, 1.807) is 0 Å². The van der Waals surface area contributed by atoms with Crippen LogP contribution in [0.2, 0.25) is 0 Å². The smallest absolute Gasteiger partial charge is 0.0623 e. The van der Waals surface area contributed by atoms with Crippen LogP contribution in [0.15, 0.2) is 0 Å². The minimum absolute atomic E-state index is 0.382. The average Bonchev–Trinajstić information content (AvgIpc) is 1.60. The fraction of sp³-hybridized carbons (Fsp3) is 1.00. The molecule has 1 rings (SSSR count). The third-order valence-electron chi connectivity index (χ3n) is 1.56. The van der Waals surface area contributed by atoms with Crippen LogP contribution in [0.3, 0.4) is 0 Å².